The van der Waals surface area contributed by atoms with Crippen molar-refractivity contribution in [1.82, 2.24) is 24.6 Å². The largest absolute Gasteiger partial charge is 0.348 e. The summed E-state index contributed by atoms with van der Waals surface area (Å²) >= 11 is 0. The van der Waals surface area contributed by atoms with Gasteiger partial charge in [-0.05, 0) is 55.3 Å². The first-order valence-corrected chi connectivity index (χ1v) is 9.87. The fraction of sp³-hybridized carbons (Fsp3) is 0.174. The second-order valence-corrected chi connectivity index (χ2v) is 7.06. The predicted molar refractivity (Wildman–Crippen MR) is 112 cm³/mol. The number of carbonyl (C=O) groups excluding carboxylic acids is 1. The number of nitrogens with one attached hydrogen (secondary N) is 1. The van der Waals surface area contributed by atoms with Gasteiger partial charge in [0.1, 0.15) is 17.5 Å². The van der Waals surface area contributed by atoms with Crippen LogP contribution in [0.1, 0.15) is 34.4 Å². The highest BCUT2D eigenvalue weighted by atomic mass is 19.1. The van der Waals surface area contributed by atoms with Crippen molar-refractivity contribution in [1.29, 1.82) is 0 Å². The molecule has 0 bridgehead atoms. The molecule has 2 heterocycles. The van der Waals surface area contributed by atoms with Crippen LogP contribution in [-0.4, -0.2) is 25.2 Å². The minimum Gasteiger partial charge on any atom is -0.348 e. The van der Waals surface area contributed by atoms with E-state index in [0.29, 0.717) is 40.4 Å². The Kier molecular flexibility index (Phi) is 5.62. The van der Waals surface area contributed by atoms with Crippen LogP contribution in [0.4, 0.5) is 8.78 Å². The van der Waals surface area contributed by atoms with Crippen LogP contribution in [0.25, 0.3) is 11.4 Å². The smallest absolute Gasteiger partial charge is 0.255 e. The third-order valence-electron chi connectivity index (χ3n) is 5.07. The summed E-state index contributed by atoms with van der Waals surface area (Å²) in [6, 6.07) is 10.7. The van der Waals surface area contributed by atoms with E-state index in [-0.39, 0.29) is 18.3 Å². The quantitative estimate of drug-likeness (QED) is 0.509. The molecular weight excluding hydrogens is 400 g/mol. The Balaban J connectivity index is 1.50. The van der Waals surface area contributed by atoms with Crippen molar-refractivity contribution >= 4 is 5.91 Å². The van der Waals surface area contributed by atoms with Gasteiger partial charge in [0.05, 0.1) is 28.8 Å². The third-order valence-corrected chi connectivity index (χ3v) is 5.07. The van der Waals surface area contributed by atoms with Crippen molar-refractivity contribution < 1.29 is 13.6 Å². The Morgan fingerprint density at radius 2 is 1.90 bits per heavy atom. The Labute approximate surface area is 178 Å². The van der Waals surface area contributed by atoms with Gasteiger partial charge in [0, 0.05) is 18.9 Å². The van der Waals surface area contributed by atoms with Gasteiger partial charge in [0.2, 0.25) is 0 Å². The van der Waals surface area contributed by atoms with Crippen LogP contribution >= 0.6 is 0 Å². The van der Waals surface area contributed by atoms with Crippen LogP contribution in [0.3, 0.4) is 0 Å². The average molecular weight is 421 g/mol. The number of hydrogen-bond acceptors (Lipinski definition) is 3. The van der Waals surface area contributed by atoms with Gasteiger partial charge in [-0.2, -0.15) is 5.10 Å². The Morgan fingerprint density at radius 1 is 1.13 bits per heavy atom. The summed E-state index contributed by atoms with van der Waals surface area (Å²) in [6.45, 7) is 3.88. The van der Waals surface area contributed by atoms with E-state index in [2.05, 4.69) is 15.4 Å². The minimum absolute atomic E-state index is 0.170. The molecule has 31 heavy (non-hydrogen) atoms. The molecule has 0 unspecified atom stereocenters. The maximum Gasteiger partial charge on any atom is 0.255 e. The zero-order valence-electron chi connectivity index (χ0n) is 17.1. The van der Waals surface area contributed by atoms with E-state index in [0.717, 1.165) is 0 Å². The number of hydrogen-bond donors (Lipinski definition) is 1. The van der Waals surface area contributed by atoms with Crippen molar-refractivity contribution in [2.45, 2.75) is 26.8 Å². The van der Waals surface area contributed by atoms with E-state index in [1.165, 1.54) is 24.4 Å². The minimum atomic E-state index is -0.397. The fourth-order valence-electron chi connectivity index (χ4n) is 3.47. The van der Waals surface area contributed by atoms with Gasteiger partial charge in [0.25, 0.3) is 5.91 Å². The molecule has 6 nitrogen and oxygen atoms in total. The first-order chi connectivity index (χ1) is 15.0. The number of amides is 1. The number of benzene rings is 2. The Hall–Kier alpha value is -3.81. The molecule has 0 radical (unpaired) electrons. The number of aryl methyl sites for hydroxylation is 1. The number of rotatable bonds is 6. The van der Waals surface area contributed by atoms with E-state index in [1.54, 1.807) is 52.8 Å². The lowest BCUT2D eigenvalue weighted by Crippen LogP contribution is -2.24. The molecular formula is C23H21F2N5O. The van der Waals surface area contributed by atoms with Gasteiger partial charge in [-0.1, -0.05) is 13.0 Å². The van der Waals surface area contributed by atoms with E-state index >= 15 is 0 Å². The maximum atomic E-state index is 14.6. The van der Waals surface area contributed by atoms with Gasteiger partial charge < -0.3 is 9.88 Å². The molecule has 0 aliphatic rings. The lowest BCUT2D eigenvalue weighted by atomic mass is 10.1. The highest BCUT2D eigenvalue weighted by molar-refractivity contribution is 5.95. The maximum absolute atomic E-state index is 14.6. The molecule has 158 valence electrons. The molecule has 0 saturated carbocycles. The molecule has 4 rings (SSSR count). The molecule has 0 fully saturated rings. The normalized spacial score (nSPS) is 11.0. The summed E-state index contributed by atoms with van der Waals surface area (Å²) in [4.78, 5) is 16.9. The van der Waals surface area contributed by atoms with Crippen molar-refractivity contribution in [3.8, 4) is 11.4 Å². The lowest BCUT2D eigenvalue weighted by Gasteiger charge is -2.10. The molecule has 0 aliphatic carbocycles. The molecule has 4 aromatic rings. The van der Waals surface area contributed by atoms with Crippen LogP contribution in [0.15, 0.2) is 61.1 Å². The summed E-state index contributed by atoms with van der Waals surface area (Å²) in [7, 11) is 0. The Bertz CT molecular complexity index is 1230. The number of imidazole rings is 1. The summed E-state index contributed by atoms with van der Waals surface area (Å²) < 4.78 is 31.1. The molecule has 0 aliphatic heterocycles. The zero-order valence-corrected chi connectivity index (χ0v) is 17.1. The van der Waals surface area contributed by atoms with E-state index in [1.807, 2.05) is 6.92 Å². The van der Waals surface area contributed by atoms with Gasteiger partial charge in [0.15, 0.2) is 0 Å². The van der Waals surface area contributed by atoms with Gasteiger partial charge in [-0.25, -0.2) is 18.4 Å². The second kappa shape index (κ2) is 8.51. The van der Waals surface area contributed by atoms with Gasteiger partial charge >= 0.3 is 0 Å². The summed E-state index contributed by atoms with van der Waals surface area (Å²) in [6.07, 6.45) is 5.36. The molecule has 8 heteroatoms. The molecule has 2 aromatic heterocycles. The summed E-state index contributed by atoms with van der Waals surface area (Å²) in [5, 5.41) is 7.11. The standard InChI is InChI=1S/C23H21F2N5O/c1-3-21-19(14-28-30(21)18-7-5-17(24)6-8-18)23(31)27-13-16-4-9-22(20(25)12-16)29-11-10-26-15(29)2/h4-12,14H,3,13H2,1-2H3,(H,27,31). The Morgan fingerprint density at radius 3 is 2.55 bits per heavy atom. The molecule has 1 N–H and O–H groups in total. The molecule has 0 atom stereocenters. The predicted octanol–water partition coefficient (Wildman–Crippen LogP) is 4.14. The van der Waals surface area contributed by atoms with Gasteiger partial charge in [-0.15, -0.1) is 0 Å². The van der Waals surface area contributed by atoms with Gasteiger partial charge in [-0.3, -0.25) is 4.79 Å². The second-order valence-electron chi connectivity index (χ2n) is 7.06. The molecule has 0 saturated heterocycles. The first-order valence-electron chi connectivity index (χ1n) is 9.87. The first kappa shape index (κ1) is 20.5. The molecule has 1 amide bonds. The lowest BCUT2D eigenvalue weighted by molar-refractivity contribution is 0.0950. The van der Waals surface area contributed by atoms with E-state index < -0.39 is 5.82 Å². The third kappa shape index (κ3) is 4.09. The van der Waals surface area contributed by atoms with Crippen LogP contribution < -0.4 is 5.32 Å². The van der Waals surface area contributed by atoms with Crippen LogP contribution in [0.5, 0.6) is 0 Å². The van der Waals surface area contributed by atoms with Crippen molar-refractivity contribution in [2.24, 2.45) is 0 Å². The van der Waals surface area contributed by atoms with E-state index in [4.69, 9.17) is 0 Å². The molecule has 0 spiro atoms. The summed E-state index contributed by atoms with van der Waals surface area (Å²) in [5.41, 5.74) is 2.85. The van der Waals surface area contributed by atoms with Crippen molar-refractivity contribution in [3.05, 3.63) is 95.3 Å². The van der Waals surface area contributed by atoms with Crippen LogP contribution in [-0.2, 0) is 13.0 Å². The van der Waals surface area contributed by atoms with Crippen LogP contribution in [0.2, 0.25) is 0 Å². The number of carbonyl (C=O) groups is 1. The van der Waals surface area contributed by atoms with E-state index in [9.17, 15) is 13.6 Å². The van der Waals surface area contributed by atoms with Crippen molar-refractivity contribution in [3.63, 3.8) is 0 Å². The zero-order chi connectivity index (χ0) is 22.0. The highest BCUT2D eigenvalue weighted by Crippen LogP contribution is 2.18. The number of nitrogens with zero attached hydrogens (tertiary/aromatic N) is 4. The number of aromatic nitrogens is 4. The topological polar surface area (TPSA) is 64.7 Å². The monoisotopic (exact) mass is 421 g/mol. The SMILES string of the molecule is CCc1c(C(=O)NCc2ccc(-n3ccnc3C)c(F)c2)cnn1-c1ccc(F)cc1. The highest BCUT2D eigenvalue weighted by Gasteiger charge is 2.17. The number of halogens is 2. The average Bonchev–Trinajstić information content (AvgIpc) is 3.39. The fourth-order valence-corrected chi connectivity index (χ4v) is 3.47. The summed E-state index contributed by atoms with van der Waals surface area (Å²) in [5.74, 6) is -0.357. The van der Waals surface area contributed by atoms with Crippen molar-refractivity contribution in [2.75, 3.05) is 0 Å². The molecule has 2 aromatic carbocycles. The van der Waals surface area contributed by atoms with Crippen LogP contribution in [0, 0.1) is 18.6 Å².